The van der Waals surface area contributed by atoms with Gasteiger partial charge in [0.05, 0.1) is 12.0 Å². The van der Waals surface area contributed by atoms with Crippen LogP contribution in [-0.2, 0) is 14.8 Å². The third-order valence-corrected chi connectivity index (χ3v) is 5.89. The minimum Gasteiger partial charge on any atom is -0.496 e. The second-order valence-electron chi connectivity index (χ2n) is 6.33. The smallest absolute Gasteiger partial charge is 0.240 e. The van der Waals surface area contributed by atoms with Gasteiger partial charge in [-0.3, -0.25) is 4.79 Å². The Hall–Kier alpha value is -1.60. The number of ether oxygens (including phenoxy) is 1. The monoisotopic (exact) mass is 338 g/mol. The third-order valence-electron chi connectivity index (χ3n) is 4.46. The molecule has 0 radical (unpaired) electrons. The Bertz CT molecular complexity index is 713. The van der Waals surface area contributed by atoms with E-state index in [1.165, 1.54) is 6.07 Å². The lowest BCUT2D eigenvalue weighted by atomic mass is 10.1. The first-order valence-electron chi connectivity index (χ1n) is 7.84. The molecule has 3 rings (SSSR count). The molecule has 0 aromatic heterocycles. The van der Waals surface area contributed by atoms with Gasteiger partial charge in [-0.25, -0.2) is 13.1 Å². The van der Waals surface area contributed by atoms with Crippen molar-refractivity contribution in [2.45, 2.75) is 37.1 Å². The number of aryl methyl sites for hydroxylation is 1. The quantitative estimate of drug-likeness (QED) is 0.848. The molecular weight excluding hydrogens is 316 g/mol. The Labute approximate surface area is 136 Å². The van der Waals surface area contributed by atoms with Crippen molar-refractivity contribution in [2.75, 3.05) is 20.2 Å². The predicted octanol–water partition coefficient (Wildman–Crippen LogP) is 1.29. The van der Waals surface area contributed by atoms with E-state index >= 15 is 0 Å². The number of carbonyl (C=O) groups is 1. The highest BCUT2D eigenvalue weighted by atomic mass is 32.2. The summed E-state index contributed by atoms with van der Waals surface area (Å²) in [6, 6.07) is 5.17. The first-order chi connectivity index (χ1) is 10.9. The summed E-state index contributed by atoms with van der Waals surface area (Å²) in [5.74, 6) is 0.861. The molecule has 1 aliphatic carbocycles. The van der Waals surface area contributed by atoms with Crippen molar-refractivity contribution in [2.24, 2.45) is 5.92 Å². The molecule has 7 heteroatoms. The molecule has 23 heavy (non-hydrogen) atoms. The number of sulfonamides is 1. The van der Waals surface area contributed by atoms with Crippen molar-refractivity contribution >= 4 is 15.9 Å². The maximum atomic E-state index is 12.4. The topological polar surface area (TPSA) is 75.7 Å². The Morgan fingerprint density at radius 3 is 2.70 bits per heavy atom. The highest BCUT2D eigenvalue weighted by molar-refractivity contribution is 7.89. The van der Waals surface area contributed by atoms with Crippen LogP contribution in [0, 0.1) is 12.8 Å². The first kappa shape index (κ1) is 16.3. The van der Waals surface area contributed by atoms with Crippen molar-refractivity contribution in [3.63, 3.8) is 0 Å². The lowest BCUT2D eigenvalue weighted by Gasteiger charge is -2.16. The average Bonchev–Trinajstić information content (AvgIpc) is 3.28. The Morgan fingerprint density at radius 1 is 1.35 bits per heavy atom. The zero-order valence-corrected chi connectivity index (χ0v) is 14.2. The Kier molecular flexibility index (Phi) is 4.33. The van der Waals surface area contributed by atoms with Crippen LogP contribution in [0.1, 0.15) is 24.8 Å². The number of hydrogen-bond acceptors (Lipinski definition) is 4. The third kappa shape index (κ3) is 3.50. The van der Waals surface area contributed by atoms with Gasteiger partial charge in [-0.15, -0.1) is 0 Å². The molecule has 1 saturated heterocycles. The summed E-state index contributed by atoms with van der Waals surface area (Å²) in [4.78, 5) is 14.0. The van der Waals surface area contributed by atoms with E-state index in [2.05, 4.69) is 4.72 Å². The highest BCUT2D eigenvalue weighted by Gasteiger charge is 2.39. The summed E-state index contributed by atoms with van der Waals surface area (Å²) in [5.41, 5.74) is 0.770. The highest BCUT2D eigenvalue weighted by Crippen LogP contribution is 2.32. The van der Waals surface area contributed by atoms with E-state index in [1.807, 2.05) is 4.90 Å². The fourth-order valence-electron chi connectivity index (χ4n) is 3.01. The van der Waals surface area contributed by atoms with Crippen molar-refractivity contribution in [3.8, 4) is 5.75 Å². The largest absolute Gasteiger partial charge is 0.496 e. The van der Waals surface area contributed by atoms with Crippen LogP contribution in [0.2, 0.25) is 0 Å². The molecule has 1 aliphatic heterocycles. The number of hydrogen-bond donors (Lipinski definition) is 1. The van der Waals surface area contributed by atoms with E-state index < -0.39 is 10.0 Å². The Morgan fingerprint density at radius 2 is 2.09 bits per heavy atom. The van der Waals surface area contributed by atoms with E-state index in [1.54, 1.807) is 26.2 Å². The maximum Gasteiger partial charge on any atom is 0.240 e. The van der Waals surface area contributed by atoms with Crippen LogP contribution in [0.4, 0.5) is 0 Å². The number of methoxy groups -OCH3 is 1. The molecule has 2 fully saturated rings. The standard InChI is InChI=1S/C16H22N2O4S/c1-11-7-14(5-6-15(11)22-2)23(20,21)17-9-12-8-16(19)18(10-12)13-3-4-13/h5-7,12-13,17H,3-4,8-10H2,1-2H3. The molecule has 0 spiro atoms. The number of nitrogens with one attached hydrogen (secondary N) is 1. The van der Waals surface area contributed by atoms with E-state index in [0.29, 0.717) is 31.3 Å². The molecule has 1 N–H and O–H groups in total. The maximum absolute atomic E-state index is 12.4. The number of nitrogens with zero attached hydrogens (tertiary/aromatic N) is 1. The van der Waals surface area contributed by atoms with Crippen LogP contribution in [0.5, 0.6) is 5.75 Å². The van der Waals surface area contributed by atoms with E-state index in [-0.39, 0.29) is 16.7 Å². The number of rotatable bonds is 6. The van der Waals surface area contributed by atoms with Crippen molar-refractivity contribution in [1.82, 2.24) is 9.62 Å². The molecule has 1 heterocycles. The van der Waals surface area contributed by atoms with Crippen LogP contribution in [0.25, 0.3) is 0 Å². The molecule has 1 saturated carbocycles. The fraction of sp³-hybridized carbons (Fsp3) is 0.562. The number of benzene rings is 1. The summed E-state index contributed by atoms with van der Waals surface area (Å²) < 4.78 is 32.6. The van der Waals surface area contributed by atoms with Gasteiger partial charge in [-0.1, -0.05) is 0 Å². The van der Waals surface area contributed by atoms with Crippen molar-refractivity contribution in [1.29, 1.82) is 0 Å². The molecule has 6 nitrogen and oxygen atoms in total. The second kappa shape index (κ2) is 6.13. The second-order valence-corrected chi connectivity index (χ2v) is 8.10. The zero-order chi connectivity index (χ0) is 16.6. The fourth-order valence-corrected chi connectivity index (χ4v) is 4.21. The lowest BCUT2D eigenvalue weighted by molar-refractivity contribution is -0.128. The predicted molar refractivity (Wildman–Crippen MR) is 85.8 cm³/mol. The van der Waals surface area contributed by atoms with Crippen LogP contribution < -0.4 is 9.46 Å². The Balaban J connectivity index is 1.63. The van der Waals surface area contributed by atoms with Gasteiger partial charge in [0.2, 0.25) is 15.9 Å². The van der Waals surface area contributed by atoms with Gasteiger partial charge < -0.3 is 9.64 Å². The molecule has 0 bridgehead atoms. The van der Waals surface area contributed by atoms with Gasteiger partial charge in [0.25, 0.3) is 0 Å². The average molecular weight is 338 g/mol. The number of amides is 1. The van der Waals surface area contributed by atoms with Crippen LogP contribution in [0.3, 0.4) is 0 Å². The molecule has 1 atom stereocenters. The molecule has 2 aliphatic rings. The van der Waals surface area contributed by atoms with Crippen molar-refractivity contribution < 1.29 is 17.9 Å². The van der Waals surface area contributed by atoms with E-state index in [9.17, 15) is 13.2 Å². The summed E-state index contributed by atoms with van der Waals surface area (Å²) in [7, 11) is -2.02. The minimum atomic E-state index is -3.57. The molecule has 1 unspecified atom stereocenters. The van der Waals surface area contributed by atoms with Gasteiger partial charge in [0.1, 0.15) is 5.75 Å². The van der Waals surface area contributed by atoms with Crippen LogP contribution in [-0.4, -0.2) is 45.5 Å². The SMILES string of the molecule is COc1ccc(S(=O)(=O)NCC2CC(=O)N(C3CC3)C2)cc1C. The minimum absolute atomic E-state index is 0.0530. The molecule has 1 amide bonds. The van der Waals surface area contributed by atoms with Gasteiger partial charge >= 0.3 is 0 Å². The van der Waals surface area contributed by atoms with Gasteiger partial charge in [0, 0.05) is 25.6 Å². The summed E-state index contributed by atoms with van der Waals surface area (Å²) in [5, 5.41) is 0. The summed E-state index contributed by atoms with van der Waals surface area (Å²) >= 11 is 0. The van der Waals surface area contributed by atoms with Gasteiger partial charge in [-0.05, 0) is 49.4 Å². The molecule has 126 valence electrons. The molecule has 1 aromatic rings. The number of carbonyl (C=O) groups excluding carboxylic acids is 1. The van der Waals surface area contributed by atoms with E-state index in [0.717, 1.165) is 18.4 Å². The normalized spacial score (nSPS) is 21.7. The van der Waals surface area contributed by atoms with Crippen molar-refractivity contribution in [3.05, 3.63) is 23.8 Å². The summed E-state index contributed by atoms with van der Waals surface area (Å²) in [6.07, 6.45) is 2.59. The van der Waals surface area contributed by atoms with Crippen LogP contribution in [0.15, 0.2) is 23.1 Å². The van der Waals surface area contributed by atoms with Crippen LogP contribution >= 0.6 is 0 Å². The lowest BCUT2D eigenvalue weighted by Crippen LogP contribution is -2.32. The van der Waals surface area contributed by atoms with Gasteiger partial charge in [-0.2, -0.15) is 0 Å². The van der Waals surface area contributed by atoms with Gasteiger partial charge in [0.15, 0.2) is 0 Å². The summed E-state index contributed by atoms with van der Waals surface area (Å²) in [6.45, 7) is 2.76. The van der Waals surface area contributed by atoms with E-state index in [4.69, 9.17) is 4.74 Å². The molecule has 1 aromatic carbocycles. The number of likely N-dealkylation sites (tertiary alicyclic amines) is 1. The first-order valence-corrected chi connectivity index (χ1v) is 9.33. The zero-order valence-electron chi connectivity index (χ0n) is 13.4. The molecular formula is C16H22N2O4S.